The highest BCUT2D eigenvalue weighted by molar-refractivity contribution is 6.13. The molecule has 1 N–H and O–H groups in total. The van der Waals surface area contributed by atoms with Gasteiger partial charge in [0.15, 0.2) is 5.78 Å². The van der Waals surface area contributed by atoms with Gasteiger partial charge in [0.05, 0.1) is 6.54 Å². The number of ether oxygens (including phenoxy) is 1. The minimum atomic E-state index is -1.63. The average Bonchev–Trinajstić information content (AvgIpc) is 2.38. The average molecular weight is 326 g/mol. The second-order valence-electron chi connectivity index (χ2n) is 7.02. The summed E-state index contributed by atoms with van der Waals surface area (Å²) in [6.45, 7) is 6.71. The molecule has 130 valence electrons. The van der Waals surface area contributed by atoms with E-state index in [1.165, 1.54) is 4.90 Å². The maximum absolute atomic E-state index is 12.7. The fraction of sp³-hybridized carbons (Fsp3) is 0.688. The van der Waals surface area contributed by atoms with Crippen molar-refractivity contribution < 1.29 is 24.2 Å². The maximum Gasteiger partial charge on any atom is 0.410 e. The molecule has 7 nitrogen and oxygen atoms in total. The van der Waals surface area contributed by atoms with E-state index in [0.29, 0.717) is 0 Å². The zero-order valence-electron chi connectivity index (χ0n) is 14.7. The number of carboxylic acid groups (broad SMARTS) is 1. The molecule has 1 aliphatic heterocycles. The van der Waals surface area contributed by atoms with Crippen LogP contribution in [0.25, 0.3) is 0 Å². The SMILES string of the molecule is CCC1(C(=O)O)CN(C(=O)OC(C)(C)C)CC(=CN(C)C)C1=O. The third kappa shape index (κ3) is 4.24. The van der Waals surface area contributed by atoms with E-state index in [0.717, 1.165) is 0 Å². The van der Waals surface area contributed by atoms with Gasteiger partial charge in [0.1, 0.15) is 11.0 Å². The molecular weight excluding hydrogens is 300 g/mol. The second-order valence-corrected chi connectivity index (χ2v) is 7.02. The lowest BCUT2D eigenvalue weighted by atomic mass is 9.74. The molecule has 0 spiro atoms. The number of nitrogens with zero attached hydrogens (tertiary/aromatic N) is 2. The number of hydrogen-bond acceptors (Lipinski definition) is 5. The van der Waals surface area contributed by atoms with E-state index in [2.05, 4.69) is 0 Å². The number of carbonyl (C=O) groups excluding carboxylic acids is 2. The van der Waals surface area contributed by atoms with Crippen molar-refractivity contribution >= 4 is 17.8 Å². The van der Waals surface area contributed by atoms with Crippen molar-refractivity contribution in [2.75, 3.05) is 27.2 Å². The van der Waals surface area contributed by atoms with Gasteiger partial charge in [0.25, 0.3) is 0 Å². The summed E-state index contributed by atoms with van der Waals surface area (Å²) >= 11 is 0. The molecule has 1 heterocycles. The van der Waals surface area contributed by atoms with Crippen LogP contribution in [0.1, 0.15) is 34.1 Å². The monoisotopic (exact) mass is 326 g/mol. The fourth-order valence-electron chi connectivity index (χ4n) is 2.49. The van der Waals surface area contributed by atoms with Crippen molar-refractivity contribution in [3.63, 3.8) is 0 Å². The van der Waals surface area contributed by atoms with Crippen LogP contribution >= 0.6 is 0 Å². The summed E-state index contributed by atoms with van der Waals surface area (Å²) in [4.78, 5) is 39.7. The molecule has 1 atom stereocenters. The first-order valence-electron chi connectivity index (χ1n) is 7.56. The van der Waals surface area contributed by atoms with Gasteiger partial charge in [-0.2, -0.15) is 0 Å². The predicted octanol–water partition coefficient (Wildman–Crippen LogP) is 1.73. The number of carboxylic acids is 1. The topological polar surface area (TPSA) is 87.2 Å². The van der Waals surface area contributed by atoms with Crippen LogP contribution in [0.15, 0.2) is 11.8 Å². The summed E-state index contributed by atoms with van der Waals surface area (Å²) in [6, 6.07) is 0. The Kier molecular flexibility index (Phi) is 5.45. The lowest BCUT2D eigenvalue weighted by molar-refractivity contribution is -0.156. The van der Waals surface area contributed by atoms with E-state index in [1.807, 2.05) is 0 Å². The number of piperidine rings is 1. The van der Waals surface area contributed by atoms with E-state index in [9.17, 15) is 19.5 Å². The zero-order valence-corrected chi connectivity index (χ0v) is 14.7. The predicted molar refractivity (Wildman–Crippen MR) is 84.9 cm³/mol. The molecular formula is C16H26N2O5. The first-order valence-corrected chi connectivity index (χ1v) is 7.56. The van der Waals surface area contributed by atoms with Gasteiger partial charge in [-0.1, -0.05) is 6.92 Å². The van der Waals surface area contributed by atoms with Crippen molar-refractivity contribution in [3.8, 4) is 0 Å². The van der Waals surface area contributed by atoms with Crippen LogP contribution in [0.4, 0.5) is 4.79 Å². The van der Waals surface area contributed by atoms with Gasteiger partial charge in [-0.05, 0) is 27.2 Å². The van der Waals surface area contributed by atoms with Gasteiger partial charge in [-0.15, -0.1) is 0 Å². The molecule has 0 aromatic rings. The Labute approximate surface area is 136 Å². The molecule has 7 heteroatoms. The minimum absolute atomic E-state index is 0.0426. The van der Waals surface area contributed by atoms with Gasteiger partial charge in [0.2, 0.25) is 0 Å². The van der Waals surface area contributed by atoms with Crippen LogP contribution in [0.2, 0.25) is 0 Å². The molecule has 0 radical (unpaired) electrons. The van der Waals surface area contributed by atoms with Crippen LogP contribution in [0.3, 0.4) is 0 Å². The summed E-state index contributed by atoms with van der Waals surface area (Å²) in [5.74, 6) is -1.66. The van der Waals surface area contributed by atoms with E-state index >= 15 is 0 Å². The number of ketones is 1. The lowest BCUT2D eigenvalue weighted by Crippen LogP contribution is -2.57. The standard InChI is InChI=1S/C16H26N2O5/c1-7-16(13(20)21)10-18(14(22)23-15(2,3)4)9-11(12(16)19)8-17(5)6/h8H,7,9-10H2,1-6H3,(H,20,21). The van der Waals surface area contributed by atoms with Gasteiger partial charge < -0.3 is 19.6 Å². The molecule has 23 heavy (non-hydrogen) atoms. The quantitative estimate of drug-likeness (QED) is 0.628. The van der Waals surface area contributed by atoms with Crippen LogP contribution < -0.4 is 0 Å². The van der Waals surface area contributed by atoms with Gasteiger partial charge in [0, 0.05) is 32.4 Å². The van der Waals surface area contributed by atoms with Crippen LogP contribution in [-0.4, -0.2) is 65.5 Å². The zero-order chi connectivity index (χ0) is 18.0. The fourth-order valence-corrected chi connectivity index (χ4v) is 2.49. The Balaban J connectivity index is 3.24. The highest BCUT2D eigenvalue weighted by Gasteiger charge is 2.51. The summed E-state index contributed by atoms with van der Waals surface area (Å²) < 4.78 is 5.33. The third-order valence-corrected chi connectivity index (χ3v) is 3.63. The van der Waals surface area contributed by atoms with Crippen molar-refractivity contribution in [2.45, 2.75) is 39.7 Å². The normalized spacial score (nSPS) is 23.8. The first-order chi connectivity index (χ1) is 10.4. The first kappa shape index (κ1) is 19.0. The Bertz CT molecular complexity index is 533. The molecule has 0 aromatic heterocycles. The highest BCUT2D eigenvalue weighted by Crippen LogP contribution is 2.34. The molecule has 0 aliphatic carbocycles. The van der Waals surface area contributed by atoms with E-state index in [1.54, 1.807) is 52.9 Å². The van der Waals surface area contributed by atoms with E-state index in [-0.39, 0.29) is 25.1 Å². The van der Waals surface area contributed by atoms with Crippen molar-refractivity contribution in [2.24, 2.45) is 5.41 Å². The molecule has 0 aromatic carbocycles. The largest absolute Gasteiger partial charge is 0.480 e. The Morgan fingerprint density at radius 3 is 2.35 bits per heavy atom. The number of amides is 1. The summed E-state index contributed by atoms with van der Waals surface area (Å²) in [6.07, 6.45) is 1.05. The van der Waals surface area contributed by atoms with Crippen molar-refractivity contribution in [1.82, 2.24) is 9.80 Å². The molecule has 1 fully saturated rings. The third-order valence-electron chi connectivity index (χ3n) is 3.63. The van der Waals surface area contributed by atoms with Crippen molar-refractivity contribution in [3.05, 3.63) is 11.8 Å². The number of likely N-dealkylation sites (tertiary alicyclic amines) is 1. The Hall–Kier alpha value is -2.05. The molecule has 1 unspecified atom stereocenters. The second kappa shape index (κ2) is 6.60. The molecule has 0 bridgehead atoms. The van der Waals surface area contributed by atoms with Crippen LogP contribution in [0.5, 0.6) is 0 Å². The maximum atomic E-state index is 12.7. The molecule has 1 aliphatic rings. The Morgan fingerprint density at radius 1 is 1.39 bits per heavy atom. The summed E-state index contributed by atoms with van der Waals surface area (Å²) in [7, 11) is 3.47. The molecule has 1 rings (SSSR count). The highest BCUT2D eigenvalue weighted by atomic mass is 16.6. The number of carbonyl (C=O) groups is 3. The van der Waals surface area contributed by atoms with E-state index in [4.69, 9.17) is 4.74 Å². The van der Waals surface area contributed by atoms with Crippen LogP contribution in [0, 0.1) is 5.41 Å². The number of Topliss-reactive ketones (excluding diaryl/α,β-unsaturated/α-hetero) is 1. The lowest BCUT2D eigenvalue weighted by Gasteiger charge is -2.39. The number of rotatable bonds is 3. The minimum Gasteiger partial charge on any atom is -0.480 e. The smallest absolute Gasteiger partial charge is 0.410 e. The van der Waals surface area contributed by atoms with Crippen molar-refractivity contribution in [1.29, 1.82) is 0 Å². The number of aliphatic carboxylic acids is 1. The summed E-state index contributed by atoms with van der Waals surface area (Å²) in [5, 5.41) is 9.60. The molecule has 1 saturated heterocycles. The van der Waals surface area contributed by atoms with Crippen LogP contribution in [-0.2, 0) is 14.3 Å². The van der Waals surface area contributed by atoms with Gasteiger partial charge in [-0.3, -0.25) is 9.59 Å². The van der Waals surface area contributed by atoms with E-state index < -0.39 is 28.9 Å². The molecule has 1 amide bonds. The van der Waals surface area contributed by atoms with Gasteiger partial charge in [-0.25, -0.2) is 4.79 Å². The Morgan fingerprint density at radius 2 is 1.96 bits per heavy atom. The molecule has 0 saturated carbocycles. The van der Waals surface area contributed by atoms with Gasteiger partial charge >= 0.3 is 12.1 Å². The summed E-state index contributed by atoms with van der Waals surface area (Å²) in [5.41, 5.74) is -2.03. The number of hydrogen-bond donors (Lipinski definition) is 1.